The largest absolute Gasteiger partial charge is 0.449 e. The molecule has 314 valence electrons. The highest BCUT2D eigenvalue weighted by Gasteiger charge is 2.38. The van der Waals surface area contributed by atoms with Crippen molar-refractivity contribution in [3.63, 3.8) is 0 Å². The normalized spacial score (nSPS) is 15.7. The van der Waals surface area contributed by atoms with Gasteiger partial charge in [0, 0.05) is 37.3 Å². The van der Waals surface area contributed by atoms with Gasteiger partial charge in [-0.05, 0) is 82.8 Å². The van der Waals surface area contributed by atoms with Gasteiger partial charge in [0.15, 0.2) is 13.4 Å². The Hall–Kier alpha value is -4.66. The molecule has 0 saturated carbocycles. The molecule has 5 amide bonds. The van der Waals surface area contributed by atoms with Gasteiger partial charge in [-0.3, -0.25) is 14.4 Å². The Morgan fingerprint density at radius 2 is 1.59 bits per heavy atom. The summed E-state index contributed by atoms with van der Waals surface area (Å²) < 4.78 is 12.3. The molecule has 2 atom stereocenters. The van der Waals surface area contributed by atoms with Gasteiger partial charge in [-0.1, -0.05) is 107 Å². The summed E-state index contributed by atoms with van der Waals surface area (Å²) in [7, 11) is -2.05. The molecule has 0 fully saturated rings. The van der Waals surface area contributed by atoms with E-state index in [4.69, 9.17) is 14.9 Å². The van der Waals surface area contributed by atoms with E-state index in [0.29, 0.717) is 37.3 Å². The number of benzene rings is 2. The van der Waals surface area contributed by atoms with Crippen molar-refractivity contribution >= 4 is 49.1 Å². The van der Waals surface area contributed by atoms with Crippen LogP contribution in [0.3, 0.4) is 0 Å². The van der Waals surface area contributed by atoms with Gasteiger partial charge < -0.3 is 36.2 Å². The van der Waals surface area contributed by atoms with Crippen LogP contribution in [0.25, 0.3) is 11.1 Å². The number of hydrogen-bond acceptors (Lipinski definition) is 8. The lowest BCUT2D eigenvalue weighted by Crippen LogP contribution is -2.55. The van der Waals surface area contributed by atoms with Crippen LogP contribution >= 0.6 is 11.8 Å². The molecule has 0 aliphatic heterocycles. The standard InChI is InChI=1S/C44H61N5O7SSi/c1-28(2)39(49-43(54)55-27-37-35-18-11-9-16-33(35)34-17-10-12-19-36(34)37)41(52)48-38(20-13-23-46-42(45)53)40(51)47-32-22-21-31(26-56-58(7,8)44(4,5)6)30(25-32)15-14-24-57-29(3)50/h9-12,15-19,21-22,28,37-39H,13-14,20,23-27H2,1-8H3,(H,47,51)(H,48,52)(H,49,54)(H3,45,46,53)/t38-,39-/m0/s1. The van der Waals surface area contributed by atoms with Gasteiger partial charge in [0.1, 0.15) is 18.7 Å². The van der Waals surface area contributed by atoms with Crippen molar-refractivity contribution in [2.75, 3.05) is 25.5 Å². The molecule has 2 aromatic carbocycles. The molecule has 0 spiro atoms. The third-order valence-corrected chi connectivity index (χ3v) is 16.3. The first-order valence-corrected chi connectivity index (χ1v) is 23.9. The van der Waals surface area contributed by atoms with Gasteiger partial charge in [0.2, 0.25) is 11.8 Å². The predicted octanol–water partition coefficient (Wildman–Crippen LogP) is 7.43. The molecule has 0 radical (unpaired) electrons. The van der Waals surface area contributed by atoms with Crippen molar-refractivity contribution in [1.29, 1.82) is 0 Å². The molecule has 0 heterocycles. The van der Waals surface area contributed by atoms with E-state index in [1.165, 1.54) is 11.8 Å². The number of urea groups is 1. The van der Waals surface area contributed by atoms with E-state index in [-0.39, 0.29) is 41.6 Å². The van der Waals surface area contributed by atoms with Gasteiger partial charge >= 0.3 is 12.1 Å². The summed E-state index contributed by atoms with van der Waals surface area (Å²) in [6.45, 7) is 16.9. The maximum atomic E-state index is 13.9. The molecule has 0 saturated heterocycles. The Labute approximate surface area is 348 Å². The van der Waals surface area contributed by atoms with Crippen LogP contribution in [0.2, 0.25) is 18.1 Å². The van der Waals surface area contributed by atoms with Crippen LogP contribution in [0, 0.1) is 5.92 Å². The topological polar surface area (TPSA) is 178 Å². The third-order valence-electron chi connectivity index (χ3n) is 10.9. The lowest BCUT2D eigenvalue weighted by molar-refractivity contribution is -0.130. The molecule has 4 rings (SSSR count). The number of fused-ring (bicyclic) bond motifs is 3. The number of allylic oxidation sites excluding steroid dienone is 4. The second kappa shape index (κ2) is 20.8. The van der Waals surface area contributed by atoms with Crippen LogP contribution in [0.15, 0.2) is 83.6 Å². The summed E-state index contributed by atoms with van der Waals surface area (Å²) in [6.07, 6.45) is 6.78. The average Bonchev–Trinajstić information content (AvgIpc) is 3.48. The Kier molecular flexibility index (Phi) is 16.5. The number of rotatable bonds is 18. The minimum absolute atomic E-state index is 0.0331. The van der Waals surface area contributed by atoms with Gasteiger partial charge in [0.25, 0.3) is 0 Å². The number of thioether (sulfide) groups is 1. The minimum atomic E-state index is -2.05. The summed E-state index contributed by atoms with van der Waals surface area (Å²) in [4.78, 5) is 63.9. The summed E-state index contributed by atoms with van der Waals surface area (Å²) >= 11 is 1.27. The first-order valence-electron chi connectivity index (χ1n) is 20.0. The molecule has 12 nitrogen and oxygen atoms in total. The van der Waals surface area contributed by atoms with E-state index >= 15 is 0 Å². The number of nitrogens with one attached hydrogen (secondary N) is 4. The number of hydrogen-bond donors (Lipinski definition) is 5. The maximum absolute atomic E-state index is 13.9. The van der Waals surface area contributed by atoms with E-state index in [1.807, 2.05) is 48.6 Å². The SMILES string of the molecule is CC(=O)SCCC=C1CC(NC(=O)[C@H](CCCNC(N)=O)NC(=O)[C@@H](NC(=O)OCC2c3ccccc3-c3ccccc32)C(C)C)=CC=C1CO[Si](C)(C)C(C)(C)C. The van der Waals surface area contributed by atoms with E-state index in [2.05, 4.69) is 73.3 Å². The van der Waals surface area contributed by atoms with E-state index in [9.17, 15) is 24.0 Å². The number of primary amides is 1. The summed E-state index contributed by atoms with van der Waals surface area (Å²) in [6, 6.07) is 13.4. The van der Waals surface area contributed by atoms with Crippen LogP contribution in [-0.4, -0.2) is 75.0 Å². The first kappa shape index (κ1) is 46.0. The molecule has 58 heavy (non-hydrogen) atoms. The minimum Gasteiger partial charge on any atom is -0.449 e. The molecule has 0 bridgehead atoms. The fourth-order valence-electron chi connectivity index (χ4n) is 6.62. The van der Waals surface area contributed by atoms with Gasteiger partial charge in [0.05, 0.1) is 6.61 Å². The van der Waals surface area contributed by atoms with E-state index in [0.717, 1.165) is 33.4 Å². The fourth-order valence-corrected chi connectivity index (χ4v) is 8.09. The van der Waals surface area contributed by atoms with Gasteiger partial charge in [-0.2, -0.15) is 0 Å². The van der Waals surface area contributed by atoms with Crippen molar-refractivity contribution in [3.05, 3.63) is 94.7 Å². The monoisotopic (exact) mass is 831 g/mol. The Balaban J connectivity index is 1.46. The predicted molar refractivity (Wildman–Crippen MR) is 233 cm³/mol. The van der Waals surface area contributed by atoms with Crippen LogP contribution in [0.5, 0.6) is 0 Å². The molecule has 0 unspecified atom stereocenters. The van der Waals surface area contributed by atoms with Crippen molar-refractivity contribution < 1.29 is 33.1 Å². The third kappa shape index (κ3) is 12.9. The Morgan fingerprint density at radius 1 is 0.948 bits per heavy atom. The second-order valence-corrected chi connectivity index (χ2v) is 22.7. The molecular weight excluding hydrogens is 771 g/mol. The highest BCUT2D eigenvalue weighted by atomic mass is 32.2. The van der Waals surface area contributed by atoms with Crippen molar-refractivity contribution in [2.24, 2.45) is 11.7 Å². The number of nitrogens with two attached hydrogens (primary N) is 1. The maximum Gasteiger partial charge on any atom is 0.407 e. The first-order chi connectivity index (χ1) is 27.4. The fraction of sp³-hybridized carbons (Fsp3) is 0.477. The van der Waals surface area contributed by atoms with E-state index < -0.39 is 44.3 Å². The molecule has 6 N–H and O–H groups in total. The van der Waals surface area contributed by atoms with Crippen LogP contribution in [-0.2, 0) is 23.5 Å². The zero-order valence-electron chi connectivity index (χ0n) is 35.2. The zero-order chi connectivity index (χ0) is 42.6. The van der Waals surface area contributed by atoms with Gasteiger partial charge in [-0.25, -0.2) is 9.59 Å². The number of alkyl carbamates (subject to hydrolysis) is 1. The highest BCUT2D eigenvalue weighted by Crippen LogP contribution is 2.44. The molecule has 2 aliphatic rings. The zero-order valence-corrected chi connectivity index (χ0v) is 37.0. The highest BCUT2D eigenvalue weighted by molar-refractivity contribution is 8.13. The smallest absolute Gasteiger partial charge is 0.407 e. The molecule has 2 aromatic rings. The lowest BCUT2D eigenvalue weighted by Gasteiger charge is -2.36. The van der Waals surface area contributed by atoms with Crippen molar-refractivity contribution in [2.45, 2.75) is 103 Å². The molecule has 2 aliphatic carbocycles. The van der Waals surface area contributed by atoms with Crippen molar-refractivity contribution in [3.8, 4) is 11.1 Å². The van der Waals surface area contributed by atoms with Crippen LogP contribution < -0.4 is 27.0 Å². The average molecular weight is 832 g/mol. The Morgan fingerprint density at radius 3 is 2.17 bits per heavy atom. The molecule has 14 heteroatoms. The number of carbonyl (C=O) groups excluding carboxylic acids is 5. The lowest BCUT2D eigenvalue weighted by atomic mass is 9.95. The quantitative estimate of drug-likeness (QED) is 0.0761. The van der Waals surface area contributed by atoms with Gasteiger partial charge in [-0.15, -0.1) is 0 Å². The summed E-state index contributed by atoms with van der Waals surface area (Å²) in [5.41, 5.74) is 12.3. The molecular formula is C44H61N5O7SSi. The number of ether oxygens (including phenoxy) is 1. The number of amides is 5. The second-order valence-electron chi connectivity index (χ2n) is 16.6. The Bertz CT molecular complexity index is 1870. The van der Waals surface area contributed by atoms with Crippen LogP contribution in [0.4, 0.5) is 9.59 Å². The van der Waals surface area contributed by atoms with Crippen LogP contribution in [0.1, 0.15) is 84.3 Å². The molecule has 0 aromatic heterocycles. The summed E-state index contributed by atoms with van der Waals surface area (Å²) in [5, 5.41) is 11.2. The number of carbonyl (C=O) groups is 5. The van der Waals surface area contributed by atoms with E-state index in [1.54, 1.807) is 20.8 Å². The summed E-state index contributed by atoms with van der Waals surface area (Å²) in [5.74, 6) is -0.838. The van der Waals surface area contributed by atoms with Crippen molar-refractivity contribution in [1.82, 2.24) is 21.3 Å².